The molecule has 20 heavy (non-hydrogen) atoms. The van der Waals surface area contributed by atoms with Crippen LogP contribution in [-0.2, 0) is 24.0 Å². The number of hydrogen-bond acceptors (Lipinski definition) is 5. The van der Waals surface area contributed by atoms with Crippen LogP contribution in [0, 0.1) is 17.8 Å². The summed E-state index contributed by atoms with van der Waals surface area (Å²) >= 11 is 0. The number of hydrogen-bond donors (Lipinski definition) is 1. The van der Waals surface area contributed by atoms with Gasteiger partial charge in [-0.15, -0.1) is 0 Å². The lowest BCUT2D eigenvalue weighted by Crippen LogP contribution is -2.63. The summed E-state index contributed by atoms with van der Waals surface area (Å²) in [6.45, 7) is 3.38. The third-order valence-corrected chi connectivity index (χ3v) is 5.41. The van der Waals surface area contributed by atoms with E-state index in [-0.39, 0.29) is 5.92 Å². The third kappa shape index (κ3) is 2.38. The molecule has 0 aliphatic heterocycles. The Balaban J connectivity index is 1.93. The van der Waals surface area contributed by atoms with E-state index < -0.39 is 28.0 Å². The van der Waals surface area contributed by atoms with E-state index in [1.807, 2.05) is 0 Å². The van der Waals surface area contributed by atoms with Crippen LogP contribution in [0.15, 0.2) is 12.7 Å². The molecule has 7 heteroatoms. The summed E-state index contributed by atoms with van der Waals surface area (Å²) in [5.74, 6) is 0.493. The minimum Gasteiger partial charge on any atom is -0.456 e. The molecule has 0 aromatic heterocycles. The third-order valence-electron chi connectivity index (χ3n) is 4.85. The molecule has 4 saturated carbocycles. The van der Waals surface area contributed by atoms with E-state index in [4.69, 9.17) is 14.1 Å². The second kappa shape index (κ2) is 4.54. The molecule has 0 radical (unpaired) electrons. The van der Waals surface area contributed by atoms with Crippen LogP contribution in [-0.4, -0.2) is 26.1 Å². The molecule has 0 spiro atoms. The number of ether oxygens (including phenoxy) is 1. The highest BCUT2D eigenvalue weighted by atomic mass is 32.2. The van der Waals surface area contributed by atoms with Gasteiger partial charge >= 0.3 is 16.3 Å². The summed E-state index contributed by atoms with van der Waals surface area (Å²) < 4.78 is 33.5. The summed E-state index contributed by atoms with van der Waals surface area (Å²) in [6.07, 6.45) is 4.75. The van der Waals surface area contributed by atoms with Gasteiger partial charge in [-0.25, -0.2) is 14.1 Å². The standard InChI is InChI=1S/C13H19NO5S/c1-2-11(15)18-12-10-4-8-3-9(5-10)7-13(12,6-8)19-20(14,16)17/h2,8-10,12H,1,3-7H2,(H2,14,16,17). The van der Waals surface area contributed by atoms with Crippen molar-refractivity contribution in [1.29, 1.82) is 0 Å². The normalized spacial score (nSPS) is 42.5. The first kappa shape index (κ1) is 14.0. The Kier molecular flexibility index (Phi) is 3.19. The summed E-state index contributed by atoms with van der Waals surface area (Å²) in [5.41, 5.74) is -0.971. The Morgan fingerprint density at radius 2 is 1.85 bits per heavy atom. The van der Waals surface area contributed by atoms with Gasteiger partial charge in [0.2, 0.25) is 0 Å². The summed E-state index contributed by atoms with van der Waals surface area (Å²) in [5, 5.41) is 5.07. The number of carbonyl (C=O) groups excluding carboxylic acids is 1. The van der Waals surface area contributed by atoms with Crippen molar-refractivity contribution in [3.8, 4) is 0 Å². The van der Waals surface area contributed by atoms with Crippen LogP contribution >= 0.6 is 0 Å². The monoisotopic (exact) mass is 301 g/mol. The molecule has 0 aromatic rings. The van der Waals surface area contributed by atoms with E-state index in [0.717, 1.165) is 25.3 Å². The van der Waals surface area contributed by atoms with E-state index in [0.29, 0.717) is 24.7 Å². The predicted octanol–water partition coefficient (Wildman–Crippen LogP) is 0.883. The van der Waals surface area contributed by atoms with Gasteiger partial charge in [-0.1, -0.05) is 6.58 Å². The van der Waals surface area contributed by atoms with Crippen LogP contribution in [0.1, 0.15) is 32.1 Å². The average Bonchev–Trinajstić information content (AvgIpc) is 2.30. The second-order valence-corrected chi connectivity index (χ2v) is 7.46. The van der Waals surface area contributed by atoms with Crippen molar-refractivity contribution in [1.82, 2.24) is 0 Å². The molecule has 2 N–H and O–H groups in total. The highest BCUT2D eigenvalue weighted by molar-refractivity contribution is 7.84. The van der Waals surface area contributed by atoms with Crippen LogP contribution < -0.4 is 5.14 Å². The van der Waals surface area contributed by atoms with E-state index in [9.17, 15) is 13.2 Å². The molecule has 4 rings (SSSR count). The van der Waals surface area contributed by atoms with Crippen LogP contribution in [0.4, 0.5) is 0 Å². The van der Waals surface area contributed by atoms with Crippen molar-refractivity contribution in [2.45, 2.75) is 43.8 Å². The van der Waals surface area contributed by atoms with Crippen molar-refractivity contribution >= 4 is 16.3 Å². The first-order valence-electron chi connectivity index (χ1n) is 6.88. The van der Waals surface area contributed by atoms with Gasteiger partial charge in [0, 0.05) is 6.08 Å². The summed E-state index contributed by atoms with van der Waals surface area (Å²) in [4.78, 5) is 11.5. The smallest absolute Gasteiger partial charge is 0.333 e. The Hall–Kier alpha value is -0.920. The van der Waals surface area contributed by atoms with Crippen molar-refractivity contribution in [2.75, 3.05) is 0 Å². The minimum atomic E-state index is -4.08. The van der Waals surface area contributed by atoms with Gasteiger partial charge in [-0.2, -0.15) is 8.42 Å². The van der Waals surface area contributed by atoms with Gasteiger partial charge in [0.15, 0.2) is 0 Å². The molecule has 0 amide bonds. The zero-order valence-corrected chi connectivity index (χ0v) is 12.0. The second-order valence-electron chi connectivity index (χ2n) is 6.31. The molecule has 4 aliphatic rings. The molecule has 112 valence electrons. The van der Waals surface area contributed by atoms with Gasteiger partial charge in [0.25, 0.3) is 0 Å². The molecule has 6 nitrogen and oxygen atoms in total. The molecule has 4 bridgehead atoms. The molecule has 4 aliphatic carbocycles. The fourth-order valence-corrected chi connectivity index (χ4v) is 5.34. The quantitative estimate of drug-likeness (QED) is 0.614. The molecule has 3 unspecified atom stereocenters. The van der Waals surface area contributed by atoms with Gasteiger partial charge in [-0.3, -0.25) is 0 Å². The Morgan fingerprint density at radius 3 is 2.35 bits per heavy atom. The Morgan fingerprint density at radius 1 is 1.25 bits per heavy atom. The van der Waals surface area contributed by atoms with Gasteiger partial charge < -0.3 is 4.74 Å². The largest absolute Gasteiger partial charge is 0.456 e. The van der Waals surface area contributed by atoms with Crippen LogP contribution in [0.25, 0.3) is 0 Å². The fraction of sp³-hybridized carbons (Fsp3) is 0.769. The van der Waals surface area contributed by atoms with Crippen molar-refractivity contribution in [3.63, 3.8) is 0 Å². The van der Waals surface area contributed by atoms with Crippen LogP contribution in [0.5, 0.6) is 0 Å². The topological polar surface area (TPSA) is 95.7 Å². The molecular formula is C13H19NO5S. The van der Waals surface area contributed by atoms with E-state index in [2.05, 4.69) is 6.58 Å². The van der Waals surface area contributed by atoms with Gasteiger partial charge in [0.05, 0.1) is 0 Å². The molecule has 3 atom stereocenters. The molecule has 4 fully saturated rings. The van der Waals surface area contributed by atoms with E-state index >= 15 is 0 Å². The van der Waals surface area contributed by atoms with Crippen LogP contribution in [0.3, 0.4) is 0 Å². The fourth-order valence-electron chi connectivity index (χ4n) is 4.64. The number of rotatable bonds is 4. The number of nitrogens with two attached hydrogens (primary N) is 1. The summed E-state index contributed by atoms with van der Waals surface area (Å²) in [7, 11) is -4.08. The molecule has 0 heterocycles. The lowest BCUT2D eigenvalue weighted by molar-refractivity contribution is -0.208. The maximum absolute atomic E-state index is 11.5. The van der Waals surface area contributed by atoms with E-state index in [1.165, 1.54) is 0 Å². The first-order valence-corrected chi connectivity index (χ1v) is 8.35. The van der Waals surface area contributed by atoms with Crippen molar-refractivity contribution < 1.29 is 22.1 Å². The predicted molar refractivity (Wildman–Crippen MR) is 70.6 cm³/mol. The Labute approximate surface area is 118 Å². The summed E-state index contributed by atoms with van der Waals surface area (Å²) in [6, 6.07) is 0. The lowest BCUT2D eigenvalue weighted by Gasteiger charge is -2.58. The maximum atomic E-state index is 11.5. The maximum Gasteiger partial charge on any atom is 0.333 e. The van der Waals surface area contributed by atoms with Gasteiger partial charge in [-0.05, 0) is 49.9 Å². The van der Waals surface area contributed by atoms with Crippen molar-refractivity contribution in [2.24, 2.45) is 22.9 Å². The SMILES string of the molecule is C=CC(=O)OC1C2CC3CC(C2)CC1(OS(N)(=O)=O)C3. The number of carbonyl (C=O) groups is 1. The zero-order valence-electron chi connectivity index (χ0n) is 11.2. The van der Waals surface area contributed by atoms with Crippen LogP contribution in [0.2, 0.25) is 0 Å². The average molecular weight is 301 g/mol. The minimum absolute atomic E-state index is 0.159. The Bertz CT molecular complexity index is 529. The highest BCUT2D eigenvalue weighted by Crippen LogP contribution is 2.58. The molecular weight excluding hydrogens is 282 g/mol. The zero-order chi connectivity index (χ0) is 14.5. The molecule has 0 saturated heterocycles. The van der Waals surface area contributed by atoms with Crippen molar-refractivity contribution in [3.05, 3.63) is 12.7 Å². The van der Waals surface area contributed by atoms with E-state index in [1.54, 1.807) is 0 Å². The number of esters is 1. The van der Waals surface area contributed by atoms with Gasteiger partial charge in [0.1, 0.15) is 11.7 Å². The lowest BCUT2D eigenvalue weighted by atomic mass is 9.53. The molecule has 0 aromatic carbocycles. The first-order chi connectivity index (χ1) is 9.31. The highest BCUT2D eigenvalue weighted by Gasteiger charge is 2.61.